The molecule has 1 aliphatic carbocycles. The van der Waals surface area contributed by atoms with Crippen LogP contribution in [0.5, 0.6) is 0 Å². The van der Waals surface area contributed by atoms with E-state index in [4.69, 9.17) is 0 Å². The lowest BCUT2D eigenvalue weighted by Crippen LogP contribution is -2.46. The average molecular weight is 569 g/mol. The van der Waals surface area contributed by atoms with Gasteiger partial charge in [-0.3, -0.25) is 9.59 Å². The summed E-state index contributed by atoms with van der Waals surface area (Å²) in [6, 6.07) is 6.64. The predicted molar refractivity (Wildman–Crippen MR) is 146 cm³/mol. The molecule has 1 fully saturated rings. The van der Waals surface area contributed by atoms with E-state index in [9.17, 15) is 27.5 Å². The lowest BCUT2D eigenvalue weighted by molar-refractivity contribution is -0.123. The van der Waals surface area contributed by atoms with E-state index in [2.05, 4.69) is 10.3 Å². The first-order valence-corrected chi connectivity index (χ1v) is 14.7. The molecule has 4 aromatic rings. The summed E-state index contributed by atoms with van der Waals surface area (Å²) in [6.45, 7) is -0.276. The Bertz CT molecular complexity index is 1880. The zero-order chi connectivity index (χ0) is 28.6. The highest BCUT2D eigenvalue weighted by molar-refractivity contribution is 7.89. The van der Waals surface area contributed by atoms with Crippen molar-refractivity contribution in [3.63, 3.8) is 0 Å². The van der Waals surface area contributed by atoms with Crippen LogP contribution >= 0.6 is 0 Å². The van der Waals surface area contributed by atoms with E-state index in [1.54, 1.807) is 31.4 Å². The quantitative estimate of drug-likeness (QED) is 0.328. The summed E-state index contributed by atoms with van der Waals surface area (Å²) < 4.78 is 55.1. The minimum atomic E-state index is -3.41. The summed E-state index contributed by atoms with van der Waals surface area (Å²) in [7, 11) is -1.84. The number of benzene rings is 2. The van der Waals surface area contributed by atoms with E-state index in [1.807, 2.05) is 0 Å². The molecule has 0 bridgehead atoms. The number of fused-ring (bicyclic) bond motifs is 2. The highest BCUT2D eigenvalue weighted by Gasteiger charge is 2.47. The molecule has 3 heterocycles. The molecule has 0 saturated heterocycles. The van der Waals surface area contributed by atoms with Gasteiger partial charge in [0.2, 0.25) is 5.91 Å². The van der Waals surface area contributed by atoms with E-state index in [0.717, 1.165) is 18.4 Å². The normalized spacial score (nSPS) is 17.4. The maximum atomic E-state index is 15.5. The van der Waals surface area contributed by atoms with Crippen LogP contribution in [0.2, 0.25) is 0 Å². The number of carbonyl (C=O) groups is 1. The zero-order valence-electron chi connectivity index (χ0n) is 21.7. The number of amides is 1. The molecule has 2 aromatic carbocycles. The van der Waals surface area contributed by atoms with Crippen molar-refractivity contribution in [2.24, 2.45) is 7.05 Å². The number of rotatable bonds is 6. The van der Waals surface area contributed by atoms with Gasteiger partial charge in [0.1, 0.15) is 23.2 Å². The number of nitrogens with zero attached hydrogens (tertiary/aromatic N) is 2. The van der Waals surface area contributed by atoms with Crippen LogP contribution < -0.4 is 15.8 Å². The molecule has 0 spiro atoms. The topological polar surface area (TPSA) is 124 Å². The third-order valence-corrected chi connectivity index (χ3v) is 8.45. The molecule has 208 valence electrons. The summed E-state index contributed by atoms with van der Waals surface area (Å²) in [5.74, 6) is -2.52. The Morgan fingerprint density at radius 2 is 1.88 bits per heavy atom. The SMILES string of the molecule is Cn1cc2c3c(c[nH]c3c1=O)C(C(=O)NC1(CO)CC1)N(c1ccc(F)cc1F)c1ccc(CS(C)(=O)=O)cc1-2. The van der Waals surface area contributed by atoms with Crippen LogP contribution in [-0.4, -0.2) is 47.4 Å². The minimum Gasteiger partial charge on any atom is -0.394 e. The monoisotopic (exact) mass is 568 g/mol. The van der Waals surface area contributed by atoms with Crippen LogP contribution in [0.1, 0.15) is 30.0 Å². The first-order valence-electron chi connectivity index (χ1n) is 12.6. The smallest absolute Gasteiger partial charge is 0.274 e. The number of aromatic nitrogens is 2. The van der Waals surface area contributed by atoms with Gasteiger partial charge in [-0.15, -0.1) is 0 Å². The Kier molecular flexibility index (Phi) is 5.89. The Morgan fingerprint density at radius 3 is 2.52 bits per heavy atom. The molecule has 6 rings (SSSR count). The number of sulfone groups is 1. The van der Waals surface area contributed by atoms with Crippen LogP contribution in [0.3, 0.4) is 0 Å². The van der Waals surface area contributed by atoms with Gasteiger partial charge in [0.15, 0.2) is 9.84 Å². The fraction of sp³-hybridized carbons (Fsp3) is 0.286. The standard InChI is InChI=1S/C28H26F2N4O5S/c1-33-12-19-17-9-15(13-40(2,38)39)3-5-21(17)34(22-6-4-16(29)10-20(22)30)25(26(36)32-28(14-35)7-8-28)18-11-31-24(23(18)19)27(33)37/h3-6,9-12,25,31,35H,7-8,13-14H2,1-2H3,(H,32,36). The summed E-state index contributed by atoms with van der Waals surface area (Å²) in [6.07, 6.45) is 5.37. The molecule has 1 amide bonds. The van der Waals surface area contributed by atoms with Gasteiger partial charge in [0, 0.05) is 53.8 Å². The molecule has 12 heteroatoms. The number of carbonyl (C=O) groups excluding carboxylic acids is 1. The first kappa shape index (κ1) is 26.2. The van der Waals surface area contributed by atoms with Gasteiger partial charge in [-0.25, -0.2) is 17.2 Å². The Hall–Kier alpha value is -4.03. The highest BCUT2D eigenvalue weighted by Crippen LogP contribution is 2.49. The van der Waals surface area contributed by atoms with Crippen LogP contribution in [0, 0.1) is 11.6 Å². The Balaban J connectivity index is 1.70. The second-order valence-corrected chi connectivity index (χ2v) is 12.8. The number of aliphatic hydroxyl groups is 1. The van der Waals surface area contributed by atoms with Crippen LogP contribution in [0.4, 0.5) is 20.2 Å². The number of pyridine rings is 1. The number of aromatic amines is 1. The molecule has 2 aliphatic rings. The minimum absolute atomic E-state index is 0.0959. The van der Waals surface area contributed by atoms with Crippen molar-refractivity contribution >= 4 is 38.0 Å². The molecular weight excluding hydrogens is 542 g/mol. The predicted octanol–water partition coefficient (Wildman–Crippen LogP) is 3.19. The van der Waals surface area contributed by atoms with E-state index >= 15 is 4.39 Å². The maximum Gasteiger partial charge on any atom is 0.274 e. The van der Waals surface area contributed by atoms with Gasteiger partial charge >= 0.3 is 0 Å². The van der Waals surface area contributed by atoms with E-state index < -0.39 is 39.0 Å². The molecule has 1 saturated carbocycles. The molecule has 3 N–H and O–H groups in total. The number of hydrogen-bond acceptors (Lipinski definition) is 6. The Labute approximate surface area is 228 Å². The van der Waals surface area contributed by atoms with Crippen molar-refractivity contribution in [2.75, 3.05) is 17.8 Å². The number of H-pyrrole nitrogens is 1. The molecular formula is C28H26F2N4O5S. The van der Waals surface area contributed by atoms with Gasteiger partial charge in [0.25, 0.3) is 5.56 Å². The Morgan fingerprint density at radius 1 is 1.15 bits per heavy atom. The van der Waals surface area contributed by atoms with E-state index in [-0.39, 0.29) is 29.1 Å². The lowest BCUT2D eigenvalue weighted by Gasteiger charge is -2.34. The zero-order valence-corrected chi connectivity index (χ0v) is 22.5. The van der Waals surface area contributed by atoms with Crippen molar-refractivity contribution in [3.05, 3.63) is 81.9 Å². The fourth-order valence-electron chi connectivity index (χ4n) is 5.50. The van der Waals surface area contributed by atoms with Gasteiger partial charge in [-0.1, -0.05) is 6.07 Å². The van der Waals surface area contributed by atoms with Crippen LogP contribution in [0.15, 0.2) is 53.6 Å². The van der Waals surface area contributed by atoms with Crippen molar-refractivity contribution in [2.45, 2.75) is 30.2 Å². The molecule has 1 atom stereocenters. The first-order chi connectivity index (χ1) is 18.9. The largest absolute Gasteiger partial charge is 0.394 e. The number of hydrogen-bond donors (Lipinski definition) is 3. The fourth-order valence-corrected chi connectivity index (χ4v) is 6.28. The van der Waals surface area contributed by atoms with E-state index in [1.165, 1.54) is 21.7 Å². The average Bonchev–Trinajstić information content (AvgIpc) is 3.54. The number of aliphatic hydroxyl groups excluding tert-OH is 1. The molecule has 1 aliphatic heterocycles. The third-order valence-electron chi connectivity index (χ3n) is 7.59. The van der Waals surface area contributed by atoms with Gasteiger partial charge in [-0.2, -0.15) is 0 Å². The van der Waals surface area contributed by atoms with Crippen LogP contribution in [-0.2, 0) is 27.4 Å². The van der Waals surface area contributed by atoms with Crippen molar-refractivity contribution in [1.82, 2.24) is 14.9 Å². The van der Waals surface area contributed by atoms with Crippen molar-refractivity contribution in [1.29, 1.82) is 0 Å². The van der Waals surface area contributed by atoms with Gasteiger partial charge < -0.3 is 24.9 Å². The van der Waals surface area contributed by atoms with Crippen molar-refractivity contribution < 1.29 is 27.1 Å². The number of nitrogens with one attached hydrogen (secondary N) is 2. The summed E-state index contributed by atoms with van der Waals surface area (Å²) in [4.78, 5) is 31.6. The molecule has 40 heavy (non-hydrogen) atoms. The number of halogens is 2. The summed E-state index contributed by atoms with van der Waals surface area (Å²) in [5.41, 5.74) is 1.15. The van der Waals surface area contributed by atoms with E-state index in [0.29, 0.717) is 46.2 Å². The number of aryl methyl sites for hydroxylation is 1. The second kappa shape index (κ2) is 9.00. The molecule has 1 unspecified atom stereocenters. The lowest BCUT2D eigenvalue weighted by atomic mass is 9.98. The second-order valence-electron chi connectivity index (χ2n) is 10.7. The van der Waals surface area contributed by atoms with Crippen LogP contribution in [0.25, 0.3) is 22.0 Å². The van der Waals surface area contributed by atoms with Crippen molar-refractivity contribution in [3.8, 4) is 11.1 Å². The third kappa shape index (κ3) is 4.27. The maximum absolute atomic E-state index is 15.5. The van der Waals surface area contributed by atoms with Gasteiger partial charge in [0.05, 0.1) is 29.3 Å². The molecule has 0 radical (unpaired) electrons. The molecule has 2 aromatic heterocycles. The summed E-state index contributed by atoms with van der Waals surface area (Å²) in [5, 5.41) is 13.2. The number of anilines is 2. The summed E-state index contributed by atoms with van der Waals surface area (Å²) >= 11 is 0. The van der Waals surface area contributed by atoms with Gasteiger partial charge in [-0.05, 0) is 42.7 Å². The highest BCUT2D eigenvalue weighted by atomic mass is 32.2. The molecule has 9 nitrogen and oxygen atoms in total.